The van der Waals surface area contributed by atoms with E-state index in [1.165, 1.54) is 18.6 Å². The van der Waals surface area contributed by atoms with Crippen LogP contribution in [0.1, 0.15) is 24.8 Å². The van der Waals surface area contributed by atoms with Crippen LogP contribution in [0.25, 0.3) is 11.4 Å². The third-order valence-corrected chi connectivity index (χ3v) is 3.72. The van der Waals surface area contributed by atoms with E-state index in [0.717, 1.165) is 31.5 Å². The Bertz CT molecular complexity index is 653. The predicted octanol–water partition coefficient (Wildman–Crippen LogP) is 2.56. The summed E-state index contributed by atoms with van der Waals surface area (Å²) in [5.74, 6) is 0.874. The molecule has 1 aromatic heterocycles. The van der Waals surface area contributed by atoms with E-state index in [1.807, 2.05) is 6.92 Å². The number of nitrogens with zero attached hydrogens (tertiary/aromatic N) is 4. The van der Waals surface area contributed by atoms with Crippen molar-refractivity contribution in [2.24, 2.45) is 0 Å². The molecule has 0 atom stereocenters. The fourth-order valence-electron chi connectivity index (χ4n) is 2.57. The first-order valence-corrected chi connectivity index (χ1v) is 7.16. The molecule has 2 N–H and O–H groups in total. The summed E-state index contributed by atoms with van der Waals surface area (Å²) in [6.07, 6.45) is 3.48. The summed E-state index contributed by atoms with van der Waals surface area (Å²) >= 11 is 0. The normalized spacial score (nSPS) is 15.2. The van der Waals surface area contributed by atoms with Gasteiger partial charge in [0, 0.05) is 18.7 Å². The lowest BCUT2D eigenvalue weighted by Crippen LogP contribution is -2.31. The Morgan fingerprint density at radius 1 is 1.10 bits per heavy atom. The quantitative estimate of drug-likeness (QED) is 0.919. The van der Waals surface area contributed by atoms with Gasteiger partial charge in [0.25, 0.3) is 0 Å². The van der Waals surface area contributed by atoms with Gasteiger partial charge in [0.15, 0.2) is 5.82 Å². The molecule has 110 valence electrons. The van der Waals surface area contributed by atoms with Crippen LogP contribution in [0.2, 0.25) is 0 Å². The van der Waals surface area contributed by atoms with E-state index in [-0.39, 0.29) is 11.8 Å². The van der Waals surface area contributed by atoms with Crippen LogP contribution >= 0.6 is 0 Å². The van der Waals surface area contributed by atoms with Gasteiger partial charge in [-0.3, -0.25) is 0 Å². The molecular formula is C15H18FN5. The molecule has 0 aliphatic carbocycles. The first kappa shape index (κ1) is 13.7. The van der Waals surface area contributed by atoms with Crippen molar-refractivity contribution in [2.75, 3.05) is 23.7 Å². The monoisotopic (exact) mass is 287 g/mol. The van der Waals surface area contributed by atoms with Crippen LogP contribution in [0.4, 0.5) is 16.3 Å². The summed E-state index contributed by atoms with van der Waals surface area (Å²) in [7, 11) is 0. The van der Waals surface area contributed by atoms with Gasteiger partial charge in [0.2, 0.25) is 11.9 Å². The molecule has 0 unspecified atom stereocenters. The van der Waals surface area contributed by atoms with E-state index in [9.17, 15) is 4.39 Å². The van der Waals surface area contributed by atoms with Crippen molar-refractivity contribution in [3.63, 3.8) is 0 Å². The smallest absolute Gasteiger partial charge is 0.230 e. The maximum atomic E-state index is 13.5. The number of hydrogen-bond donors (Lipinski definition) is 1. The van der Waals surface area contributed by atoms with E-state index in [0.29, 0.717) is 17.3 Å². The average Bonchev–Trinajstić information content (AvgIpc) is 2.50. The molecule has 1 saturated heterocycles. The van der Waals surface area contributed by atoms with Gasteiger partial charge in [-0.1, -0.05) is 6.07 Å². The summed E-state index contributed by atoms with van der Waals surface area (Å²) in [6, 6.07) is 4.57. The van der Waals surface area contributed by atoms with Gasteiger partial charge in [-0.05, 0) is 43.9 Å². The highest BCUT2D eigenvalue weighted by atomic mass is 19.1. The molecule has 1 aliphatic rings. The number of anilines is 2. The highest BCUT2D eigenvalue weighted by Gasteiger charge is 2.17. The summed E-state index contributed by atoms with van der Waals surface area (Å²) in [5.41, 5.74) is 7.37. The molecule has 21 heavy (non-hydrogen) atoms. The molecule has 2 heterocycles. The van der Waals surface area contributed by atoms with Crippen LogP contribution in [-0.2, 0) is 0 Å². The summed E-state index contributed by atoms with van der Waals surface area (Å²) < 4.78 is 13.5. The summed E-state index contributed by atoms with van der Waals surface area (Å²) in [5, 5.41) is 0. The SMILES string of the molecule is Cc1ccc(F)cc1-c1nc(N)nc(N2CCCCC2)n1. The van der Waals surface area contributed by atoms with Gasteiger partial charge in [0.05, 0.1) is 0 Å². The molecule has 5 nitrogen and oxygen atoms in total. The maximum Gasteiger partial charge on any atom is 0.230 e. The molecule has 0 amide bonds. The lowest BCUT2D eigenvalue weighted by molar-refractivity contribution is 0.568. The van der Waals surface area contributed by atoms with Crippen LogP contribution in [0.15, 0.2) is 18.2 Å². The number of halogens is 1. The van der Waals surface area contributed by atoms with Crippen LogP contribution < -0.4 is 10.6 Å². The first-order chi connectivity index (χ1) is 10.1. The number of nitrogen functional groups attached to an aromatic ring is 1. The molecule has 2 aromatic rings. The lowest BCUT2D eigenvalue weighted by atomic mass is 10.1. The minimum absolute atomic E-state index is 0.171. The topological polar surface area (TPSA) is 67.9 Å². The Labute approximate surface area is 123 Å². The highest BCUT2D eigenvalue weighted by molar-refractivity contribution is 5.62. The molecular weight excluding hydrogens is 269 g/mol. The van der Waals surface area contributed by atoms with Crippen LogP contribution in [0.3, 0.4) is 0 Å². The van der Waals surface area contributed by atoms with Gasteiger partial charge in [0.1, 0.15) is 5.82 Å². The Morgan fingerprint density at radius 2 is 1.86 bits per heavy atom. The molecule has 6 heteroatoms. The fraction of sp³-hybridized carbons (Fsp3) is 0.400. The van der Waals surface area contributed by atoms with Gasteiger partial charge in [-0.15, -0.1) is 0 Å². The second-order valence-corrected chi connectivity index (χ2v) is 5.32. The van der Waals surface area contributed by atoms with Gasteiger partial charge in [-0.2, -0.15) is 15.0 Å². The van der Waals surface area contributed by atoms with Crippen molar-refractivity contribution < 1.29 is 4.39 Å². The zero-order valence-corrected chi connectivity index (χ0v) is 12.0. The molecule has 1 fully saturated rings. The number of aryl methyl sites for hydroxylation is 1. The standard InChI is InChI=1S/C15H18FN5/c1-10-5-6-11(16)9-12(10)13-18-14(17)20-15(19-13)21-7-3-2-4-8-21/h5-6,9H,2-4,7-8H2,1H3,(H2,17,18,19,20). The van der Waals surface area contributed by atoms with Crippen LogP contribution in [0.5, 0.6) is 0 Å². The number of hydrogen-bond acceptors (Lipinski definition) is 5. The molecule has 0 saturated carbocycles. The second-order valence-electron chi connectivity index (χ2n) is 5.32. The van der Waals surface area contributed by atoms with Crippen molar-refractivity contribution in [1.82, 2.24) is 15.0 Å². The Morgan fingerprint density at radius 3 is 2.62 bits per heavy atom. The van der Waals surface area contributed by atoms with E-state index < -0.39 is 0 Å². The van der Waals surface area contributed by atoms with E-state index >= 15 is 0 Å². The highest BCUT2D eigenvalue weighted by Crippen LogP contribution is 2.24. The third kappa shape index (κ3) is 2.94. The Balaban J connectivity index is 2.02. The van der Waals surface area contributed by atoms with E-state index in [2.05, 4.69) is 19.9 Å². The Kier molecular flexibility index (Phi) is 3.68. The third-order valence-electron chi connectivity index (χ3n) is 3.72. The fourth-order valence-corrected chi connectivity index (χ4v) is 2.57. The molecule has 0 radical (unpaired) electrons. The van der Waals surface area contributed by atoms with Crippen molar-refractivity contribution in [1.29, 1.82) is 0 Å². The number of aromatic nitrogens is 3. The second kappa shape index (κ2) is 5.63. The lowest BCUT2D eigenvalue weighted by Gasteiger charge is -2.26. The molecule has 0 spiro atoms. The summed E-state index contributed by atoms with van der Waals surface area (Å²) in [4.78, 5) is 15.0. The van der Waals surface area contributed by atoms with Crippen LogP contribution in [0, 0.1) is 12.7 Å². The Hall–Kier alpha value is -2.24. The molecule has 1 aromatic carbocycles. The number of rotatable bonds is 2. The van der Waals surface area contributed by atoms with Crippen molar-refractivity contribution in [3.05, 3.63) is 29.6 Å². The van der Waals surface area contributed by atoms with Gasteiger partial charge >= 0.3 is 0 Å². The van der Waals surface area contributed by atoms with Crippen molar-refractivity contribution >= 4 is 11.9 Å². The van der Waals surface area contributed by atoms with Crippen molar-refractivity contribution in [3.8, 4) is 11.4 Å². The molecule has 1 aliphatic heterocycles. The zero-order chi connectivity index (χ0) is 14.8. The minimum Gasteiger partial charge on any atom is -0.368 e. The van der Waals surface area contributed by atoms with E-state index in [4.69, 9.17) is 5.73 Å². The first-order valence-electron chi connectivity index (χ1n) is 7.16. The van der Waals surface area contributed by atoms with Crippen LogP contribution in [-0.4, -0.2) is 28.0 Å². The average molecular weight is 287 g/mol. The molecule has 3 rings (SSSR count). The summed E-state index contributed by atoms with van der Waals surface area (Å²) in [6.45, 7) is 3.74. The minimum atomic E-state index is -0.311. The zero-order valence-electron chi connectivity index (χ0n) is 12.0. The van der Waals surface area contributed by atoms with E-state index in [1.54, 1.807) is 6.07 Å². The molecule has 0 bridgehead atoms. The van der Waals surface area contributed by atoms with Gasteiger partial charge in [-0.25, -0.2) is 4.39 Å². The predicted molar refractivity (Wildman–Crippen MR) is 80.4 cm³/mol. The number of benzene rings is 1. The maximum absolute atomic E-state index is 13.5. The van der Waals surface area contributed by atoms with Gasteiger partial charge < -0.3 is 10.6 Å². The number of piperidine rings is 1. The number of nitrogens with two attached hydrogens (primary N) is 1. The van der Waals surface area contributed by atoms with Crippen molar-refractivity contribution in [2.45, 2.75) is 26.2 Å². The largest absolute Gasteiger partial charge is 0.368 e.